The van der Waals surface area contributed by atoms with Crippen molar-refractivity contribution in [2.24, 2.45) is 0 Å². The van der Waals surface area contributed by atoms with Gasteiger partial charge >= 0.3 is 0 Å². The van der Waals surface area contributed by atoms with Gasteiger partial charge in [-0.25, -0.2) is 18.4 Å². The van der Waals surface area contributed by atoms with Gasteiger partial charge in [0.2, 0.25) is 15.9 Å². The van der Waals surface area contributed by atoms with E-state index in [0.29, 0.717) is 13.1 Å². The van der Waals surface area contributed by atoms with E-state index in [4.69, 9.17) is 9.47 Å². The van der Waals surface area contributed by atoms with Crippen LogP contribution in [0.1, 0.15) is 12.8 Å². The van der Waals surface area contributed by atoms with Crippen LogP contribution in [0.2, 0.25) is 0 Å². The molecule has 0 spiro atoms. The van der Waals surface area contributed by atoms with Crippen LogP contribution in [0, 0.1) is 0 Å². The first-order chi connectivity index (χ1) is 11.3. The Kier molecular flexibility index (Phi) is 5.94. The van der Waals surface area contributed by atoms with Crippen molar-refractivity contribution in [3.63, 3.8) is 0 Å². The van der Waals surface area contributed by atoms with Crippen molar-refractivity contribution in [2.75, 3.05) is 40.0 Å². The van der Waals surface area contributed by atoms with Gasteiger partial charge in [0, 0.05) is 26.0 Å². The van der Waals surface area contributed by atoms with E-state index >= 15 is 0 Å². The maximum Gasteiger partial charge on any atom is 0.278 e. The van der Waals surface area contributed by atoms with Gasteiger partial charge < -0.3 is 14.4 Å². The van der Waals surface area contributed by atoms with Crippen molar-refractivity contribution in [2.45, 2.75) is 18.9 Å². The number of likely N-dealkylation sites (tertiary alicyclic amines) is 1. The Morgan fingerprint density at radius 1 is 1.38 bits per heavy atom. The van der Waals surface area contributed by atoms with Gasteiger partial charge in [-0.3, -0.25) is 4.79 Å². The van der Waals surface area contributed by atoms with Gasteiger partial charge in [-0.05, 0) is 12.8 Å². The Bertz CT molecular complexity index is 681. The second kappa shape index (κ2) is 7.75. The summed E-state index contributed by atoms with van der Waals surface area (Å²) in [5.74, 6) is 0.327. The van der Waals surface area contributed by atoms with Crippen molar-refractivity contribution < 1.29 is 22.7 Å². The number of methoxy groups -OCH3 is 1. The lowest BCUT2D eigenvalue weighted by Gasteiger charge is -2.33. The summed E-state index contributed by atoms with van der Waals surface area (Å²) < 4.78 is 34.8. The third-order valence-corrected chi connectivity index (χ3v) is 5.02. The molecular formula is C14H22N4O5S. The summed E-state index contributed by atoms with van der Waals surface area (Å²) in [4.78, 5) is 22.0. The Hall–Kier alpha value is -1.94. The van der Waals surface area contributed by atoms with Crippen molar-refractivity contribution >= 4 is 15.9 Å². The van der Waals surface area contributed by atoms with Crippen LogP contribution in [0.3, 0.4) is 0 Å². The number of likely N-dealkylation sites (N-methyl/N-ethyl adjacent to an activating group) is 1. The summed E-state index contributed by atoms with van der Waals surface area (Å²) >= 11 is 0. The normalized spacial score (nSPS) is 18.5. The molecule has 1 saturated heterocycles. The molecule has 0 aliphatic carbocycles. The molecular weight excluding hydrogens is 336 g/mol. The predicted molar refractivity (Wildman–Crippen MR) is 86.3 cm³/mol. The highest BCUT2D eigenvalue weighted by molar-refractivity contribution is 7.88. The van der Waals surface area contributed by atoms with E-state index < -0.39 is 10.0 Å². The van der Waals surface area contributed by atoms with E-state index in [1.165, 1.54) is 26.6 Å². The number of amides is 1. The number of rotatable bonds is 6. The maximum absolute atomic E-state index is 12.3. The SMILES string of the molecule is COc1nccnc1O[C@@H]1CCCN(C(=O)CN(C)S(C)(=O)=O)C1. The van der Waals surface area contributed by atoms with Gasteiger partial charge in [-0.2, -0.15) is 4.31 Å². The number of nitrogens with zero attached hydrogens (tertiary/aromatic N) is 4. The Balaban J connectivity index is 1.97. The molecule has 1 aliphatic rings. The van der Waals surface area contributed by atoms with Crippen molar-refractivity contribution in [3.8, 4) is 11.8 Å². The molecule has 10 heteroatoms. The van der Waals surface area contributed by atoms with Gasteiger partial charge in [0.05, 0.1) is 26.5 Å². The number of aromatic nitrogens is 2. The largest absolute Gasteiger partial charge is 0.477 e. The lowest BCUT2D eigenvalue weighted by atomic mass is 10.1. The molecule has 9 nitrogen and oxygen atoms in total. The lowest BCUT2D eigenvalue weighted by molar-refractivity contribution is -0.133. The highest BCUT2D eigenvalue weighted by atomic mass is 32.2. The highest BCUT2D eigenvalue weighted by Gasteiger charge is 2.28. The second-order valence-electron chi connectivity index (χ2n) is 5.61. The summed E-state index contributed by atoms with van der Waals surface area (Å²) in [6, 6.07) is 0. The Labute approximate surface area is 141 Å². The zero-order valence-electron chi connectivity index (χ0n) is 14.0. The van der Waals surface area contributed by atoms with E-state index in [1.54, 1.807) is 4.90 Å². The molecule has 0 unspecified atom stereocenters. The van der Waals surface area contributed by atoms with Crippen LogP contribution >= 0.6 is 0 Å². The van der Waals surface area contributed by atoms with Gasteiger partial charge in [-0.1, -0.05) is 0 Å². The average molecular weight is 358 g/mol. The summed E-state index contributed by atoms with van der Waals surface area (Å²) in [6.45, 7) is 0.768. The molecule has 1 aliphatic heterocycles. The molecule has 24 heavy (non-hydrogen) atoms. The minimum absolute atomic E-state index is 0.181. The molecule has 1 amide bonds. The highest BCUT2D eigenvalue weighted by Crippen LogP contribution is 2.23. The fraction of sp³-hybridized carbons (Fsp3) is 0.643. The zero-order valence-corrected chi connectivity index (χ0v) is 14.8. The van der Waals surface area contributed by atoms with E-state index in [0.717, 1.165) is 23.4 Å². The van der Waals surface area contributed by atoms with Gasteiger partial charge in [0.15, 0.2) is 0 Å². The molecule has 0 radical (unpaired) electrons. The minimum Gasteiger partial charge on any atom is -0.477 e. The first-order valence-corrected chi connectivity index (χ1v) is 9.37. The number of piperidine rings is 1. The molecule has 0 aromatic carbocycles. The molecule has 1 fully saturated rings. The molecule has 2 rings (SSSR count). The van der Waals surface area contributed by atoms with Gasteiger partial charge in [0.1, 0.15) is 6.10 Å². The Morgan fingerprint density at radius 3 is 2.67 bits per heavy atom. The van der Waals surface area contributed by atoms with Crippen molar-refractivity contribution in [3.05, 3.63) is 12.4 Å². The van der Waals surface area contributed by atoms with E-state index in [2.05, 4.69) is 9.97 Å². The second-order valence-corrected chi connectivity index (χ2v) is 7.70. The van der Waals surface area contributed by atoms with Crippen LogP contribution in [0.15, 0.2) is 12.4 Å². The van der Waals surface area contributed by atoms with Crippen LogP contribution in [0.5, 0.6) is 11.8 Å². The first kappa shape index (κ1) is 18.4. The van der Waals surface area contributed by atoms with E-state index in [1.807, 2.05) is 0 Å². The van der Waals surface area contributed by atoms with E-state index in [9.17, 15) is 13.2 Å². The number of carbonyl (C=O) groups excluding carboxylic acids is 1. The average Bonchev–Trinajstić information content (AvgIpc) is 2.54. The molecule has 1 aromatic rings. The summed E-state index contributed by atoms with van der Waals surface area (Å²) in [5.41, 5.74) is 0. The van der Waals surface area contributed by atoms with Crippen LogP contribution in [0.4, 0.5) is 0 Å². The van der Waals surface area contributed by atoms with Crippen molar-refractivity contribution in [1.82, 2.24) is 19.2 Å². The topological polar surface area (TPSA) is 102 Å². The quantitative estimate of drug-likeness (QED) is 0.691. The third kappa shape index (κ3) is 4.78. The monoisotopic (exact) mass is 358 g/mol. The van der Waals surface area contributed by atoms with Crippen LogP contribution < -0.4 is 9.47 Å². The zero-order chi connectivity index (χ0) is 17.7. The molecule has 1 aromatic heterocycles. The molecule has 2 heterocycles. The Morgan fingerprint density at radius 2 is 2.04 bits per heavy atom. The van der Waals surface area contributed by atoms with Crippen molar-refractivity contribution in [1.29, 1.82) is 0 Å². The van der Waals surface area contributed by atoms with Gasteiger partial charge in [-0.15, -0.1) is 0 Å². The number of hydrogen-bond acceptors (Lipinski definition) is 7. The molecule has 134 valence electrons. The fourth-order valence-corrected chi connectivity index (χ4v) is 2.70. The maximum atomic E-state index is 12.3. The van der Waals surface area contributed by atoms with Crippen LogP contribution in [-0.2, 0) is 14.8 Å². The fourth-order valence-electron chi connectivity index (χ4n) is 2.36. The molecule has 0 saturated carbocycles. The summed E-state index contributed by atoms with van der Waals surface area (Å²) in [6.07, 6.45) is 5.38. The molecule has 0 bridgehead atoms. The standard InChI is InChI=1S/C14H22N4O5S/c1-17(24(3,20)21)10-12(19)18-8-4-5-11(9-18)23-14-13(22-2)15-6-7-16-14/h6-7,11H,4-5,8-10H2,1-3H3/t11-/m1/s1. The molecule has 1 atom stereocenters. The van der Waals surface area contributed by atoms with Gasteiger partial charge in [0.25, 0.3) is 11.8 Å². The van der Waals surface area contributed by atoms with E-state index in [-0.39, 0.29) is 30.3 Å². The third-order valence-electron chi connectivity index (χ3n) is 3.76. The smallest absolute Gasteiger partial charge is 0.278 e. The van der Waals surface area contributed by atoms with Crippen LogP contribution in [-0.4, -0.2) is 79.6 Å². The number of carbonyl (C=O) groups is 1. The minimum atomic E-state index is -3.39. The number of ether oxygens (including phenoxy) is 2. The predicted octanol–water partition coefficient (Wildman–Crippen LogP) is -0.254. The number of hydrogen-bond donors (Lipinski definition) is 0. The summed E-state index contributed by atoms with van der Waals surface area (Å²) in [5, 5.41) is 0. The number of sulfonamides is 1. The lowest BCUT2D eigenvalue weighted by Crippen LogP contribution is -2.48. The van der Waals surface area contributed by atoms with Crippen LogP contribution in [0.25, 0.3) is 0 Å². The summed E-state index contributed by atoms with van der Waals surface area (Å²) in [7, 11) is -0.523. The first-order valence-electron chi connectivity index (χ1n) is 7.52. The molecule has 0 N–H and O–H groups in total.